The molecule has 1 aliphatic heterocycles. The first kappa shape index (κ1) is 15.5. The Kier molecular flexibility index (Phi) is 4.23. The third kappa shape index (κ3) is 2.65. The van der Waals surface area contributed by atoms with E-state index in [0.717, 1.165) is 28.6 Å². The minimum absolute atomic E-state index is 0.300. The number of thiocarbonyl (C=S) groups is 1. The number of halogens is 1. The van der Waals surface area contributed by atoms with E-state index in [2.05, 4.69) is 26.1 Å². The van der Waals surface area contributed by atoms with Crippen molar-refractivity contribution in [1.82, 2.24) is 10.2 Å². The predicted octanol–water partition coefficient (Wildman–Crippen LogP) is 3.29. The van der Waals surface area contributed by atoms with Crippen molar-refractivity contribution in [2.75, 3.05) is 7.11 Å². The van der Waals surface area contributed by atoms with Gasteiger partial charge in [0.25, 0.3) is 0 Å². The number of rotatable bonds is 3. The van der Waals surface area contributed by atoms with Gasteiger partial charge in [-0.3, -0.25) is 0 Å². The first-order valence-electron chi connectivity index (χ1n) is 7.17. The summed E-state index contributed by atoms with van der Waals surface area (Å²) in [6, 6.07) is 7.93. The van der Waals surface area contributed by atoms with Gasteiger partial charge in [0.2, 0.25) is 0 Å². The second-order valence-corrected chi connectivity index (χ2v) is 6.74. The van der Waals surface area contributed by atoms with E-state index >= 15 is 0 Å². The van der Waals surface area contributed by atoms with Crippen molar-refractivity contribution in [2.45, 2.75) is 31.8 Å². The molecule has 0 saturated heterocycles. The molecular weight excluding hydrogens is 364 g/mol. The Morgan fingerprint density at radius 2 is 2.09 bits per heavy atom. The number of hydrogen-bond donors (Lipinski definition) is 1. The van der Waals surface area contributed by atoms with Gasteiger partial charge in [-0.05, 0) is 43.6 Å². The maximum Gasteiger partial charge on any atom is 0.337 e. The SMILES string of the molecule is COC(=O)C1=C(C)N(C2CC2)C(=S)N[C@H]1c1ccccc1Br. The number of nitrogens with one attached hydrogen (secondary N) is 1. The highest BCUT2D eigenvalue weighted by atomic mass is 79.9. The van der Waals surface area contributed by atoms with Crippen LogP contribution in [0.5, 0.6) is 0 Å². The molecule has 3 rings (SSSR count). The number of benzene rings is 1. The number of carbonyl (C=O) groups is 1. The number of ether oxygens (including phenoxy) is 1. The Hall–Kier alpha value is -1.40. The van der Waals surface area contributed by atoms with Crippen molar-refractivity contribution in [3.8, 4) is 0 Å². The van der Waals surface area contributed by atoms with Gasteiger partial charge < -0.3 is 15.0 Å². The maximum absolute atomic E-state index is 12.4. The molecule has 6 heteroatoms. The molecule has 0 spiro atoms. The van der Waals surface area contributed by atoms with Gasteiger partial charge >= 0.3 is 5.97 Å². The Labute approximate surface area is 143 Å². The molecule has 1 N–H and O–H groups in total. The van der Waals surface area contributed by atoms with Crippen LogP contribution in [0.3, 0.4) is 0 Å². The summed E-state index contributed by atoms with van der Waals surface area (Å²) < 4.78 is 5.95. The highest BCUT2D eigenvalue weighted by molar-refractivity contribution is 9.10. The van der Waals surface area contributed by atoms with Gasteiger partial charge in [0, 0.05) is 16.2 Å². The number of nitrogens with zero attached hydrogens (tertiary/aromatic N) is 1. The summed E-state index contributed by atoms with van der Waals surface area (Å²) in [5.74, 6) is -0.320. The quantitative estimate of drug-likeness (QED) is 0.643. The number of allylic oxidation sites excluding steroid dienone is 1. The van der Waals surface area contributed by atoms with Crippen LogP contribution >= 0.6 is 28.1 Å². The van der Waals surface area contributed by atoms with Crippen molar-refractivity contribution < 1.29 is 9.53 Å². The van der Waals surface area contributed by atoms with E-state index in [-0.39, 0.29) is 12.0 Å². The highest BCUT2D eigenvalue weighted by Gasteiger charge is 2.41. The number of methoxy groups -OCH3 is 1. The fourth-order valence-electron chi connectivity index (χ4n) is 2.85. The second kappa shape index (κ2) is 6.01. The summed E-state index contributed by atoms with van der Waals surface area (Å²) in [6.07, 6.45) is 2.21. The van der Waals surface area contributed by atoms with Crippen molar-refractivity contribution >= 4 is 39.2 Å². The second-order valence-electron chi connectivity index (χ2n) is 5.50. The minimum atomic E-state index is -0.320. The molecule has 1 fully saturated rings. The van der Waals surface area contributed by atoms with E-state index in [1.54, 1.807) is 0 Å². The van der Waals surface area contributed by atoms with Gasteiger partial charge in [0.15, 0.2) is 5.11 Å². The van der Waals surface area contributed by atoms with Crippen LogP contribution in [-0.4, -0.2) is 29.1 Å². The van der Waals surface area contributed by atoms with Crippen LogP contribution in [0.25, 0.3) is 0 Å². The number of esters is 1. The van der Waals surface area contributed by atoms with E-state index < -0.39 is 0 Å². The molecule has 0 aromatic heterocycles. The molecule has 1 heterocycles. The lowest BCUT2D eigenvalue weighted by Crippen LogP contribution is -2.48. The summed E-state index contributed by atoms with van der Waals surface area (Å²) in [4.78, 5) is 14.4. The van der Waals surface area contributed by atoms with E-state index in [9.17, 15) is 4.79 Å². The van der Waals surface area contributed by atoms with E-state index in [1.165, 1.54) is 7.11 Å². The zero-order valence-corrected chi connectivity index (χ0v) is 14.8. The Morgan fingerprint density at radius 1 is 1.41 bits per heavy atom. The summed E-state index contributed by atoms with van der Waals surface area (Å²) in [5, 5.41) is 3.98. The van der Waals surface area contributed by atoms with Crippen molar-refractivity contribution in [3.63, 3.8) is 0 Å². The first-order chi connectivity index (χ1) is 10.5. The first-order valence-corrected chi connectivity index (χ1v) is 8.38. The van der Waals surface area contributed by atoms with Crippen LogP contribution in [0.2, 0.25) is 0 Å². The lowest BCUT2D eigenvalue weighted by molar-refractivity contribution is -0.136. The van der Waals surface area contributed by atoms with E-state index in [1.807, 2.05) is 31.2 Å². The molecule has 0 unspecified atom stereocenters. The topological polar surface area (TPSA) is 41.6 Å². The molecule has 0 amide bonds. The van der Waals surface area contributed by atoms with Crippen molar-refractivity contribution in [1.29, 1.82) is 0 Å². The van der Waals surface area contributed by atoms with E-state index in [0.29, 0.717) is 16.7 Å². The average molecular weight is 381 g/mol. The van der Waals surface area contributed by atoms with Gasteiger partial charge in [0.05, 0.1) is 18.7 Å². The Bertz CT molecular complexity index is 670. The van der Waals surface area contributed by atoms with Gasteiger partial charge in [-0.2, -0.15) is 0 Å². The van der Waals surface area contributed by atoms with Gasteiger partial charge in [-0.1, -0.05) is 34.1 Å². The summed E-state index contributed by atoms with van der Waals surface area (Å²) in [7, 11) is 1.41. The molecule has 0 bridgehead atoms. The molecule has 1 aromatic rings. The van der Waals surface area contributed by atoms with Crippen molar-refractivity contribution in [2.24, 2.45) is 0 Å². The molecular formula is C16H17BrN2O2S. The fourth-order valence-corrected chi connectivity index (χ4v) is 3.76. The standard InChI is InChI=1S/C16H17BrN2O2S/c1-9-13(15(20)21-2)14(11-5-3-4-6-12(11)17)18-16(22)19(9)10-7-8-10/h3-6,10,14H,7-8H2,1-2H3,(H,18,22)/t14-/m0/s1. The smallest absolute Gasteiger partial charge is 0.337 e. The molecule has 1 atom stereocenters. The van der Waals surface area contributed by atoms with Crippen LogP contribution in [0.1, 0.15) is 31.4 Å². The Morgan fingerprint density at radius 3 is 2.68 bits per heavy atom. The molecule has 4 nitrogen and oxygen atoms in total. The third-order valence-electron chi connectivity index (χ3n) is 4.06. The molecule has 0 radical (unpaired) electrons. The number of carbonyl (C=O) groups excluding carboxylic acids is 1. The number of hydrogen-bond acceptors (Lipinski definition) is 3. The Balaban J connectivity index is 2.11. The van der Waals surface area contributed by atoms with Crippen LogP contribution in [0, 0.1) is 0 Å². The molecule has 22 heavy (non-hydrogen) atoms. The zero-order chi connectivity index (χ0) is 15.9. The lowest BCUT2D eigenvalue weighted by atomic mass is 9.95. The summed E-state index contributed by atoms with van der Waals surface area (Å²) in [6.45, 7) is 1.95. The normalized spacial score (nSPS) is 21.7. The zero-order valence-electron chi connectivity index (χ0n) is 12.4. The lowest BCUT2D eigenvalue weighted by Gasteiger charge is -2.37. The van der Waals surface area contributed by atoms with E-state index in [4.69, 9.17) is 17.0 Å². The average Bonchev–Trinajstić information content (AvgIpc) is 3.31. The fraction of sp³-hybridized carbons (Fsp3) is 0.375. The third-order valence-corrected chi connectivity index (χ3v) is 5.10. The molecule has 116 valence electrons. The van der Waals surface area contributed by atoms with Crippen molar-refractivity contribution in [3.05, 3.63) is 45.6 Å². The van der Waals surface area contributed by atoms with Crippen LogP contribution in [0.15, 0.2) is 40.0 Å². The maximum atomic E-state index is 12.4. The minimum Gasteiger partial charge on any atom is -0.466 e. The van der Waals surface area contributed by atoms with Crippen LogP contribution in [-0.2, 0) is 9.53 Å². The predicted molar refractivity (Wildman–Crippen MR) is 92.2 cm³/mol. The van der Waals surface area contributed by atoms with Gasteiger partial charge in [0.1, 0.15) is 0 Å². The summed E-state index contributed by atoms with van der Waals surface area (Å²) >= 11 is 9.08. The highest BCUT2D eigenvalue weighted by Crippen LogP contribution is 2.39. The monoisotopic (exact) mass is 380 g/mol. The van der Waals surface area contributed by atoms with Gasteiger partial charge in [-0.25, -0.2) is 4.79 Å². The largest absolute Gasteiger partial charge is 0.466 e. The van der Waals surface area contributed by atoms with Crippen LogP contribution < -0.4 is 5.32 Å². The summed E-state index contributed by atoms with van der Waals surface area (Å²) in [5.41, 5.74) is 2.48. The molecule has 2 aliphatic rings. The van der Waals surface area contributed by atoms with Crippen LogP contribution in [0.4, 0.5) is 0 Å². The molecule has 1 aliphatic carbocycles. The van der Waals surface area contributed by atoms with Gasteiger partial charge in [-0.15, -0.1) is 0 Å². The molecule has 1 aromatic carbocycles. The molecule has 1 saturated carbocycles.